The van der Waals surface area contributed by atoms with Gasteiger partial charge in [0.15, 0.2) is 9.84 Å². The molecule has 0 atom stereocenters. The highest BCUT2D eigenvalue weighted by Gasteiger charge is 2.30. The zero-order chi connectivity index (χ0) is 25.4. The molecule has 1 amide bonds. The summed E-state index contributed by atoms with van der Waals surface area (Å²) in [6.45, 7) is 2.02. The highest BCUT2D eigenvalue weighted by molar-refractivity contribution is 9.09. The Labute approximate surface area is 202 Å². The van der Waals surface area contributed by atoms with Crippen molar-refractivity contribution in [3.8, 4) is 0 Å². The summed E-state index contributed by atoms with van der Waals surface area (Å²) in [5.41, 5.74) is -0.886. The number of nitrogens with zero attached hydrogens (tertiary/aromatic N) is 3. The van der Waals surface area contributed by atoms with E-state index in [2.05, 4.69) is 21.2 Å². The van der Waals surface area contributed by atoms with Crippen molar-refractivity contribution in [2.24, 2.45) is 0 Å². The summed E-state index contributed by atoms with van der Waals surface area (Å²) in [5.74, 6) is -1.05. The fraction of sp³-hybridized carbons (Fsp3) is 0.611. The van der Waals surface area contributed by atoms with Gasteiger partial charge in [-0.1, -0.05) is 22.9 Å². The Kier molecular flexibility index (Phi) is 11.2. The molecule has 0 aliphatic carbocycles. The fourth-order valence-electron chi connectivity index (χ4n) is 2.78. The number of carbonyl (C=O) groups is 1. The quantitative estimate of drug-likeness (QED) is 0.147. The van der Waals surface area contributed by atoms with Crippen molar-refractivity contribution in [3.63, 3.8) is 0 Å². The zero-order valence-electron chi connectivity index (χ0n) is 18.9. The van der Waals surface area contributed by atoms with Gasteiger partial charge in [-0.15, -0.1) is 0 Å². The lowest BCUT2D eigenvalue weighted by atomic mass is 10.1. The Hall–Kier alpha value is -1.81. The summed E-state index contributed by atoms with van der Waals surface area (Å²) in [5, 5.41) is 14.6. The minimum Gasteiger partial charge on any atom is -0.367 e. The number of hydrogen-bond acceptors (Lipinski definition) is 10. The number of benzene rings is 1. The molecule has 0 bridgehead atoms. The number of amides is 1. The van der Waals surface area contributed by atoms with Crippen LogP contribution < -0.4 is 10.2 Å². The first-order chi connectivity index (χ1) is 15.2. The molecular formula is C18H29BrN4O8S2. The van der Waals surface area contributed by atoms with Gasteiger partial charge in [-0.2, -0.15) is 8.42 Å². The van der Waals surface area contributed by atoms with Gasteiger partial charge in [-0.3, -0.25) is 19.1 Å². The number of nitrogens with one attached hydrogen (secondary N) is 1. The van der Waals surface area contributed by atoms with Gasteiger partial charge < -0.3 is 15.1 Å². The van der Waals surface area contributed by atoms with Crippen LogP contribution in [0.25, 0.3) is 0 Å². The van der Waals surface area contributed by atoms with Gasteiger partial charge in [-0.05, 0) is 20.2 Å². The summed E-state index contributed by atoms with van der Waals surface area (Å²) in [6.07, 6.45) is 0.886. The summed E-state index contributed by atoms with van der Waals surface area (Å²) >= 11 is 3.26. The summed E-state index contributed by atoms with van der Waals surface area (Å²) < 4.78 is 52.9. The highest BCUT2D eigenvalue weighted by Crippen LogP contribution is 2.34. The number of alkyl halides is 1. The SMILES string of the molecule is CCS(=O)(=O)c1cc([N+](=O)[O-])c(C(=O)NCCN(C)C)cc1N(CCBr)CCOS(C)(=O)=O. The molecule has 0 aliphatic heterocycles. The number of halogens is 1. The predicted molar refractivity (Wildman–Crippen MR) is 129 cm³/mol. The van der Waals surface area contributed by atoms with Crippen molar-refractivity contribution >= 4 is 53.2 Å². The van der Waals surface area contributed by atoms with Crippen LogP contribution in [0.5, 0.6) is 0 Å². The Balaban J connectivity index is 3.60. The average molecular weight is 573 g/mol. The van der Waals surface area contributed by atoms with Gasteiger partial charge >= 0.3 is 0 Å². The van der Waals surface area contributed by atoms with Crippen LogP contribution in [0.3, 0.4) is 0 Å². The van der Waals surface area contributed by atoms with E-state index in [9.17, 15) is 31.7 Å². The Morgan fingerprint density at radius 3 is 2.30 bits per heavy atom. The third kappa shape index (κ3) is 9.16. The summed E-state index contributed by atoms with van der Waals surface area (Å²) in [4.78, 5) is 26.6. The average Bonchev–Trinajstić information content (AvgIpc) is 2.70. The molecule has 188 valence electrons. The van der Waals surface area contributed by atoms with Crippen molar-refractivity contribution in [1.82, 2.24) is 10.2 Å². The number of anilines is 1. The smallest absolute Gasteiger partial charge is 0.283 e. The molecule has 33 heavy (non-hydrogen) atoms. The van der Waals surface area contributed by atoms with Crippen molar-refractivity contribution < 1.29 is 30.7 Å². The van der Waals surface area contributed by atoms with Gasteiger partial charge in [0.1, 0.15) is 5.56 Å². The lowest BCUT2D eigenvalue weighted by Crippen LogP contribution is -2.33. The Bertz CT molecular complexity index is 1060. The minimum absolute atomic E-state index is 0.0373. The predicted octanol–water partition coefficient (Wildman–Crippen LogP) is 0.857. The monoisotopic (exact) mass is 572 g/mol. The second kappa shape index (κ2) is 12.6. The number of likely N-dealkylation sites (N-methyl/N-ethyl adjacent to an activating group) is 1. The normalized spacial score (nSPS) is 12.1. The molecule has 12 nitrogen and oxygen atoms in total. The van der Waals surface area contributed by atoms with E-state index in [-0.39, 0.29) is 48.1 Å². The van der Waals surface area contributed by atoms with Gasteiger partial charge in [0.2, 0.25) is 0 Å². The standard InChI is InChI=1S/C18H29BrN4O8S2/c1-5-33(29,30)17-13-15(23(25)26)14(18(24)20-7-9-21(2)3)12-16(17)22(8-6-19)10-11-31-32(4,27)28/h12-13H,5-11H2,1-4H3,(H,20,24). The lowest BCUT2D eigenvalue weighted by molar-refractivity contribution is -0.385. The molecule has 0 spiro atoms. The molecule has 0 unspecified atom stereocenters. The van der Waals surface area contributed by atoms with Gasteiger partial charge in [0, 0.05) is 37.6 Å². The van der Waals surface area contributed by atoms with Crippen molar-refractivity contribution in [2.45, 2.75) is 11.8 Å². The number of nitro groups is 1. The third-order valence-corrected chi connectivity index (χ3v) is 7.14. The molecule has 0 radical (unpaired) electrons. The fourth-order valence-corrected chi connectivity index (χ4v) is 4.70. The van der Waals surface area contributed by atoms with E-state index >= 15 is 0 Å². The van der Waals surface area contributed by atoms with Crippen LogP contribution in [0, 0.1) is 10.1 Å². The van der Waals surface area contributed by atoms with Gasteiger partial charge in [0.25, 0.3) is 21.7 Å². The summed E-state index contributed by atoms with van der Waals surface area (Å²) in [7, 11) is -4.06. The Morgan fingerprint density at radius 2 is 1.82 bits per heavy atom. The number of carbonyl (C=O) groups excluding carboxylic acids is 1. The molecular weight excluding hydrogens is 544 g/mol. The number of sulfone groups is 1. The molecule has 0 aliphatic rings. The number of nitro benzene ring substituents is 1. The van der Waals surface area contributed by atoms with Crippen molar-refractivity contribution in [2.75, 3.05) is 69.1 Å². The highest BCUT2D eigenvalue weighted by atomic mass is 79.9. The lowest BCUT2D eigenvalue weighted by Gasteiger charge is -2.26. The molecule has 1 N–H and O–H groups in total. The number of rotatable bonds is 14. The van der Waals surface area contributed by atoms with E-state index < -0.39 is 36.5 Å². The molecule has 1 aromatic rings. The number of hydrogen-bond donors (Lipinski definition) is 1. The minimum atomic E-state index is -3.93. The molecule has 1 aromatic carbocycles. The Morgan fingerprint density at radius 1 is 1.18 bits per heavy atom. The van der Waals surface area contributed by atoms with Crippen molar-refractivity contribution in [3.05, 3.63) is 27.8 Å². The zero-order valence-corrected chi connectivity index (χ0v) is 22.1. The largest absolute Gasteiger partial charge is 0.367 e. The molecule has 0 heterocycles. The molecule has 15 heteroatoms. The van der Waals surface area contributed by atoms with Crippen LogP contribution in [0.15, 0.2) is 17.0 Å². The van der Waals surface area contributed by atoms with E-state index in [4.69, 9.17) is 4.18 Å². The molecule has 0 aromatic heterocycles. The van der Waals surface area contributed by atoms with Crippen molar-refractivity contribution in [1.29, 1.82) is 0 Å². The van der Waals surface area contributed by atoms with Crippen LogP contribution in [0.4, 0.5) is 11.4 Å². The van der Waals surface area contributed by atoms with E-state index in [1.807, 2.05) is 4.90 Å². The first-order valence-corrected chi connectivity index (χ1v) is 14.5. The van der Waals surface area contributed by atoms with Gasteiger partial charge in [-0.25, -0.2) is 8.42 Å². The first kappa shape index (κ1) is 29.2. The molecule has 0 saturated heterocycles. The second-order valence-corrected chi connectivity index (χ2v) is 11.9. The maximum atomic E-state index is 12.8. The van der Waals surface area contributed by atoms with E-state index in [1.165, 1.54) is 11.8 Å². The van der Waals surface area contributed by atoms with E-state index in [1.54, 1.807) is 14.1 Å². The van der Waals surface area contributed by atoms with Crippen LogP contribution >= 0.6 is 15.9 Å². The van der Waals surface area contributed by atoms with Crippen LogP contribution in [0.1, 0.15) is 17.3 Å². The van der Waals surface area contributed by atoms with E-state index in [0.717, 1.165) is 18.4 Å². The summed E-state index contributed by atoms with van der Waals surface area (Å²) in [6, 6.07) is 2.04. The van der Waals surface area contributed by atoms with Crippen LogP contribution in [-0.4, -0.2) is 96.8 Å². The first-order valence-electron chi connectivity index (χ1n) is 9.87. The molecule has 0 fully saturated rings. The third-order valence-electron chi connectivity index (χ3n) is 4.43. The maximum Gasteiger partial charge on any atom is 0.283 e. The second-order valence-electron chi connectivity index (χ2n) is 7.26. The maximum absolute atomic E-state index is 12.8. The molecule has 1 rings (SSSR count). The van der Waals surface area contributed by atoms with E-state index in [0.29, 0.717) is 11.9 Å². The topological polar surface area (TPSA) is 156 Å². The van der Waals surface area contributed by atoms with Gasteiger partial charge in [0.05, 0.1) is 34.1 Å². The molecule has 0 saturated carbocycles. The van der Waals surface area contributed by atoms with Crippen LogP contribution in [-0.2, 0) is 24.1 Å². The van der Waals surface area contributed by atoms with Crippen LogP contribution in [0.2, 0.25) is 0 Å².